The molecule has 3 aromatic rings. The molecule has 0 saturated carbocycles. The number of nitrogens with zero attached hydrogens (tertiary/aromatic N) is 2. The normalized spacial score (nSPS) is 10.4. The zero-order chi connectivity index (χ0) is 15.4. The van der Waals surface area contributed by atoms with Crippen LogP contribution in [0, 0.1) is 5.82 Å². The van der Waals surface area contributed by atoms with Crippen molar-refractivity contribution in [3.8, 4) is 5.69 Å². The number of aromatic nitrogens is 2. The van der Waals surface area contributed by atoms with E-state index in [-0.39, 0.29) is 5.91 Å². The lowest BCUT2D eigenvalue weighted by molar-refractivity contribution is 0.0950. The second-order valence-electron chi connectivity index (χ2n) is 4.81. The van der Waals surface area contributed by atoms with Crippen LogP contribution < -0.4 is 5.32 Å². The van der Waals surface area contributed by atoms with E-state index < -0.39 is 5.82 Å². The van der Waals surface area contributed by atoms with Crippen molar-refractivity contribution in [3.05, 3.63) is 83.9 Å². The van der Waals surface area contributed by atoms with Gasteiger partial charge in [-0.3, -0.25) is 4.79 Å². The van der Waals surface area contributed by atoms with Crippen LogP contribution in [0.1, 0.15) is 15.9 Å². The molecule has 0 fully saturated rings. The molecule has 0 aliphatic rings. The Balaban J connectivity index is 1.69. The van der Waals surface area contributed by atoms with Gasteiger partial charge >= 0.3 is 0 Å². The largest absolute Gasteiger partial charge is 0.348 e. The third-order valence-corrected chi connectivity index (χ3v) is 3.22. The summed E-state index contributed by atoms with van der Waals surface area (Å²) < 4.78 is 14.9. The molecule has 2 aromatic carbocycles. The van der Waals surface area contributed by atoms with Crippen molar-refractivity contribution < 1.29 is 9.18 Å². The highest BCUT2D eigenvalue weighted by Crippen LogP contribution is 2.10. The Kier molecular flexibility index (Phi) is 3.96. The number of halogens is 1. The van der Waals surface area contributed by atoms with Gasteiger partial charge in [-0.2, -0.15) is 5.10 Å². The van der Waals surface area contributed by atoms with Crippen LogP contribution in [-0.2, 0) is 6.54 Å². The Morgan fingerprint density at radius 1 is 1.14 bits per heavy atom. The zero-order valence-corrected chi connectivity index (χ0v) is 11.7. The molecule has 0 radical (unpaired) electrons. The predicted molar refractivity (Wildman–Crippen MR) is 81.1 cm³/mol. The fourth-order valence-electron chi connectivity index (χ4n) is 2.14. The molecule has 1 amide bonds. The number of hydrogen-bond acceptors (Lipinski definition) is 2. The Hall–Kier alpha value is -2.95. The van der Waals surface area contributed by atoms with Crippen molar-refractivity contribution in [1.29, 1.82) is 0 Å². The van der Waals surface area contributed by atoms with Gasteiger partial charge in [0.1, 0.15) is 5.82 Å². The van der Waals surface area contributed by atoms with Crippen LogP contribution in [0.5, 0.6) is 0 Å². The second-order valence-corrected chi connectivity index (χ2v) is 4.81. The Labute approximate surface area is 127 Å². The Bertz CT molecular complexity index is 784. The highest BCUT2D eigenvalue weighted by Gasteiger charge is 2.06. The number of carbonyl (C=O) groups is 1. The lowest BCUT2D eigenvalue weighted by atomic mass is 10.1. The van der Waals surface area contributed by atoms with E-state index in [1.807, 2.05) is 36.5 Å². The monoisotopic (exact) mass is 295 g/mol. The molecule has 3 rings (SSSR count). The molecule has 0 bridgehead atoms. The summed E-state index contributed by atoms with van der Waals surface area (Å²) >= 11 is 0. The van der Waals surface area contributed by atoms with Gasteiger partial charge in [-0.25, -0.2) is 9.07 Å². The summed E-state index contributed by atoms with van der Waals surface area (Å²) in [4.78, 5) is 12.0. The first-order valence-corrected chi connectivity index (χ1v) is 6.85. The van der Waals surface area contributed by atoms with Gasteiger partial charge < -0.3 is 5.32 Å². The van der Waals surface area contributed by atoms with E-state index in [1.54, 1.807) is 16.9 Å². The molecular formula is C17H14FN3O. The minimum Gasteiger partial charge on any atom is -0.348 e. The van der Waals surface area contributed by atoms with E-state index in [1.165, 1.54) is 18.2 Å². The summed E-state index contributed by atoms with van der Waals surface area (Å²) in [6.07, 6.45) is 3.56. The topological polar surface area (TPSA) is 46.9 Å². The number of carbonyl (C=O) groups excluding carboxylic acids is 1. The van der Waals surface area contributed by atoms with E-state index in [9.17, 15) is 9.18 Å². The van der Waals surface area contributed by atoms with Crippen molar-refractivity contribution in [2.24, 2.45) is 0 Å². The van der Waals surface area contributed by atoms with Crippen LogP contribution in [0.15, 0.2) is 67.0 Å². The molecule has 0 aliphatic heterocycles. The molecule has 0 unspecified atom stereocenters. The van der Waals surface area contributed by atoms with Gasteiger partial charge in [0, 0.05) is 24.5 Å². The zero-order valence-electron chi connectivity index (χ0n) is 11.7. The first-order chi connectivity index (χ1) is 10.7. The summed E-state index contributed by atoms with van der Waals surface area (Å²) in [6, 6.07) is 15.2. The second kappa shape index (κ2) is 6.22. The number of amides is 1. The highest BCUT2D eigenvalue weighted by molar-refractivity contribution is 5.94. The average Bonchev–Trinajstić information content (AvgIpc) is 3.07. The van der Waals surface area contributed by atoms with Crippen molar-refractivity contribution in [3.63, 3.8) is 0 Å². The van der Waals surface area contributed by atoms with E-state index >= 15 is 0 Å². The molecule has 0 aliphatic carbocycles. The SMILES string of the molecule is O=C(NCc1cccc(-n2cccn2)c1)c1cccc(F)c1. The van der Waals surface area contributed by atoms with Crippen LogP contribution >= 0.6 is 0 Å². The van der Waals surface area contributed by atoms with E-state index in [0.717, 1.165) is 11.3 Å². The molecular weight excluding hydrogens is 281 g/mol. The quantitative estimate of drug-likeness (QED) is 0.804. The van der Waals surface area contributed by atoms with Crippen LogP contribution in [0.25, 0.3) is 5.69 Å². The van der Waals surface area contributed by atoms with Gasteiger partial charge in [-0.15, -0.1) is 0 Å². The fraction of sp³-hybridized carbons (Fsp3) is 0.0588. The van der Waals surface area contributed by atoms with Crippen molar-refractivity contribution in [2.75, 3.05) is 0 Å². The molecule has 0 spiro atoms. The van der Waals surface area contributed by atoms with E-state index in [0.29, 0.717) is 12.1 Å². The maximum absolute atomic E-state index is 13.1. The van der Waals surface area contributed by atoms with Crippen LogP contribution in [0.4, 0.5) is 4.39 Å². The van der Waals surface area contributed by atoms with Crippen LogP contribution in [0.2, 0.25) is 0 Å². The van der Waals surface area contributed by atoms with Crippen LogP contribution in [-0.4, -0.2) is 15.7 Å². The summed E-state index contributed by atoms with van der Waals surface area (Å²) in [7, 11) is 0. The molecule has 110 valence electrons. The molecule has 5 heteroatoms. The van der Waals surface area contributed by atoms with Crippen molar-refractivity contribution in [2.45, 2.75) is 6.54 Å². The number of nitrogens with one attached hydrogen (secondary N) is 1. The molecule has 22 heavy (non-hydrogen) atoms. The minimum absolute atomic E-state index is 0.302. The summed E-state index contributed by atoms with van der Waals surface area (Å²) in [6.45, 7) is 0.366. The molecule has 1 N–H and O–H groups in total. The minimum atomic E-state index is -0.423. The standard InChI is InChI=1S/C17H14FN3O/c18-15-6-2-5-14(11-15)17(22)19-12-13-4-1-7-16(10-13)21-9-3-8-20-21/h1-11H,12H2,(H,19,22). The smallest absolute Gasteiger partial charge is 0.251 e. The Morgan fingerprint density at radius 3 is 2.77 bits per heavy atom. The van der Waals surface area contributed by atoms with E-state index in [2.05, 4.69) is 10.4 Å². The van der Waals surface area contributed by atoms with Gasteiger partial charge in [-0.1, -0.05) is 18.2 Å². The Morgan fingerprint density at radius 2 is 2.00 bits per heavy atom. The summed E-state index contributed by atoms with van der Waals surface area (Å²) in [5, 5.41) is 6.95. The van der Waals surface area contributed by atoms with Gasteiger partial charge in [-0.05, 0) is 42.0 Å². The van der Waals surface area contributed by atoms with Crippen molar-refractivity contribution >= 4 is 5.91 Å². The first kappa shape index (κ1) is 14.0. The number of benzene rings is 2. The van der Waals surface area contributed by atoms with Gasteiger partial charge in [0.05, 0.1) is 5.69 Å². The predicted octanol–water partition coefficient (Wildman–Crippen LogP) is 2.94. The number of rotatable bonds is 4. The summed E-state index contributed by atoms with van der Waals surface area (Å²) in [5.74, 6) is -0.725. The van der Waals surface area contributed by atoms with Gasteiger partial charge in [0.15, 0.2) is 0 Å². The lowest BCUT2D eigenvalue weighted by Crippen LogP contribution is -2.22. The molecule has 1 aromatic heterocycles. The van der Waals surface area contributed by atoms with Gasteiger partial charge in [0.2, 0.25) is 0 Å². The fourth-order valence-corrected chi connectivity index (χ4v) is 2.14. The summed E-state index contributed by atoms with van der Waals surface area (Å²) in [5.41, 5.74) is 2.17. The third kappa shape index (κ3) is 3.20. The first-order valence-electron chi connectivity index (χ1n) is 6.85. The van der Waals surface area contributed by atoms with Crippen LogP contribution in [0.3, 0.4) is 0 Å². The highest BCUT2D eigenvalue weighted by atomic mass is 19.1. The van der Waals surface area contributed by atoms with Gasteiger partial charge in [0.25, 0.3) is 5.91 Å². The molecule has 4 nitrogen and oxygen atoms in total. The molecule has 1 heterocycles. The lowest BCUT2D eigenvalue weighted by Gasteiger charge is -2.08. The van der Waals surface area contributed by atoms with E-state index in [4.69, 9.17) is 0 Å². The maximum atomic E-state index is 13.1. The van der Waals surface area contributed by atoms with Crippen molar-refractivity contribution in [1.82, 2.24) is 15.1 Å². The molecule has 0 atom stereocenters. The maximum Gasteiger partial charge on any atom is 0.251 e. The third-order valence-electron chi connectivity index (χ3n) is 3.22. The number of hydrogen-bond donors (Lipinski definition) is 1. The average molecular weight is 295 g/mol. The molecule has 0 saturated heterocycles.